The molecule has 0 amide bonds. The first-order chi connectivity index (χ1) is 5.88. The van der Waals surface area contributed by atoms with E-state index in [2.05, 4.69) is 0 Å². The van der Waals surface area contributed by atoms with E-state index in [1.54, 1.807) is 17.0 Å². The molecule has 0 atom stereocenters. The van der Waals surface area contributed by atoms with Crippen LogP contribution in [-0.2, 0) is 0 Å². The van der Waals surface area contributed by atoms with Crippen LogP contribution in [0.5, 0.6) is 0 Å². The highest BCUT2D eigenvalue weighted by Crippen LogP contribution is 2.18. The predicted molar refractivity (Wildman–Crippen MR) is 47.0 cm³/mol. The van der Waals surface area contributed by atoms with Crippen LogP contribution in [0.2, 0.25) is 0 Å². The lowest BCUT2D eigenvalue weighted by molar-refractivity contribution is 0.0953. The fourth-order valence-corrected chi connectivity index (χ4v) is 1.50. The highest BCUT2D eigenvalue weighted by atomic mass is 16.2. The van der Waals surface area contributed by atoms with Gasteiger partial charge in [-0.15, -0.1) is 0 Å². The van der Waals surface area contributed by atoms with Gasteiger partial charge in [0.15, 0.2) is 0 Å². The fraction of sp³-hybridized carbons (Fsp3) is 0.300. The first-order valence-electron chi connectivity index (χ1n) is 4.24. The molecule has 0 aliphatic heterocycles. The van der Waals surface area contributed by atoms with E-state index >= 15 is 0 Å². The molecule has 0 spiro atoms. The standard InChI is InChI=1S/C10H11NO/c12-10(9-5-1-2-6-9)11-7-3-4-8-11/h3-5,7-8H,1-2,6H2. The molecule has 1 aromatic rings. The zero-order chi connectivity index (χ0) is 8.39. The Morgan fingerprint density at radius 3 is 2.67 bits per heavy atom. The summed E-state index contributed by atoms with van der Waals surface area (Å²) in [5.74, 6) is 0.137. The van der Waals surface area contributed by atoms with Gasteiger partial charge in [-0.25, -0.2) is 0 Å². The number of rotatable bonds is 1. The number of hydrogen-bond acceptors (Lipinski definition) is 1. The summed E-state index contributed by atoms with van der Waals surface area (Å²) in [6.45, 7) is 0. The number of allylic oxidation sites excluding steroid dienone is 2. The molecule has 0 saturated carbocycles. The van der Waals surface area contributed by atoms with E-state index in [-0.39, 0.29) is 5.91 Å². The minimum atomic E-state index is 0.137. The van der Waals surface area contributed by atoms with Gasteiger partial charge in [0.05, 0.1) is 0 Å². The highest BCUT2D eigenvalue weighted by Gasteiger charge is 2.13. The van der Waals surface area contributed by atoms with E-state index in [4.69, 9.17) is 0 Å². The molecular formula is C10H11NO. The van der Waals surface area contributed by atoms with Crippen LogP contribution < -0.4 is 0 Å². The van der Waals surface area contributed by atoms with Crippen molar-refractivity contribution in [2.75, 3.05) is 0 Å². The topological polar surface area (TPSA) is 22.0 Å². The molecule has 0 radical (unpaired) electrons. The largest absolute Gasteiger partial charge is 0.291 e. The van der Waals surface area contributed by atoms with Crippen molar-refractivity contribution < 1.29 is 4.79 Å². The van der Waals surface area contributed by atoms with Gasteiger partial charge in [-0.3, -0.25) is 9.36 Å². The van der Waals surface area contributed by atoms with Crippen molar-refractivity contribution in [3.05, 3.63) is 36.2 Å². The van der Waals surface area contributed by atoms with Gasteiger partial charge >= 0.3 is 0 Å². The second-order valence-electron chi connectivity index (χ2n) is 3.02. The lowest BCUT2D eigenvalue weighted by Crippen LogP contribution is -2.09. The lowest BCUT2D eigenvalue weighted by Gasteiger charge is -2.00. The van der Waals surface area contributed by atoms with Crippen LogP contribution in [-0.4, -0.2) is 10.5 Å². The minimum absolute atomic E-state index is 0.137. The Bertz CT molecular complexity index is 309. The van der Waals surface area contributed by atoms with Crippen molar-refractivity contribution in [1.29, 1.82) is 0 Å². The molecule has 1 aromatic heterocycles. The van der Waals surface area contributed by atoms with Crippen LogP contribution in [0.1, 0.15) is 24.1 Å². The van der Waals surface area contributed by atoms with Crippen LogP contribution in [0.4, 0.5) is 0 Å². The zero-order valence-corrected chi connectivity index (χ0v) is 6.86. The second-order valence-corrected chi connectivity index (χ2v) is 3.02. The van der Waals surface area contributed by atoms with Crippen molar-refractivity contribution >= 4 is 5.91 Å². The molecule has 0 fully saturated rings. The zero-order valence-electron chi connectivity index (χ0n) is 6.86. The van der Waals surface area contributed by atoms with E-state index in [0.29, 0.717) is 0 Å². The van der Waals surface area contributed by atoms with Gasteiger partial charge in [-0.1, -0.05) is 6.08 Å². The molecule has 2 rings (SSSR count). The van der Waals surface area contributed by atoms with Crippen LogP contribution in [0.15, 0.2) is 36.2 Å². The second kappa shape index (κ2) is 2.97. The third-order valence-corrected chi connectivity index (χ3v) is 2.15. The Kier molecular flexibility index (Phi) is 1.82. The van der Waals surface area contributed by atoms with Gasteiger partial charge in [-0.2, -0.15) is 0 Å². The molecule has 0 N–H and O–H groups in total. The molecule has 2 nitrogen and oxygen atoms in total. The number of hydrogen-bond donors (Lipinski definition) is 0. The fourth-order valence-electron chi connectivity index (χ4n) is 1.50. The van der Waals surface area contributed by atoms with Gasteiger partial charge in [0.1, 0.15) is 0 Å². The quantitative estimate of drug-likeness (QED) is 0.619. The molecule has 0 saturated heterocycles. The van der Waals surface area contributed by atoms with Crippen molar-refractivity contribution in [3.8, 4) is 0 Å². The van der Waals surface area contributed by atoms with Gasteiger partial charge < -0.3 is 0 Å². The molecule has 12 heavy (non-hydrogen) atoms. The first-order valence-corrected chi connectivity index (χ1v) is 4.24. The van der Waals surface area contributed by atoms with Gasteiger partial charge in [0.2, 0.25) is 0 Å². The van der Waals surface area contributed by atoms with E-state index in [1.165, 1.54) is 0 Å². The Balaban J connectivity index is 2.20. The molecule has 2 heteroatoms. The molecule has 0 aromatic carbocycles. The Hall–Kier alpha value is -1.31. The van der Waals surface area contributed by atoms with Gasteiger partial charge in [0.25, 0.3) is 5.91 Å². The molecule has 1 aliphatic rings. The van der Waals surface area contributed by atoms with Gasteiger partial charge in [-0.05, 0) is 31.4 Å². The van der Waals surface area contributed by atoms with E-state index in [9.17, 15) is 4.79 Å². The average Bonchev–Trinajstić information content (AvgIpc) is 2.77. The predicted octanol–water partition coefficient (Wildman–Crippen LogP) is 2.24. The highest BCUT2D eigenvalue weighted by molar-refractivity contribution is 5.95. The summed E-state index contributed by atoms with van der Waals surface area (Å²) >= 11 is 0. The Morgan fingerprint density at radius 2 is 2.08 bits per heavy atom. The maximum absolute atomic E-state index is 11.6. The summed E-state index contributed by atoms with van der Waals surface area (Å²) in [5.41, 5.74) is 0.964. The Morgan fingerprint density at radius 1 is 1.33 bits per heavy atom. The van der Waals surface area contributed by atoms with Crippen LogP contribution in [0, 0.1) is 0 Å². The van der Waals surface area contributed by atoms with Crippen LogP contribution in [0.3, 0.4) is 0 Å². The molecule has 62 valence electrons. The van der Waals surface area contributed by atoms with Crippen molar-refractivity contribution in [1.82, 2.24) is 4.57 Å². The van der Waals surface area contributed by atoms with E-state index in [1.807, 2.05) is 18.2 Å². The van der Waals surface area contributed by atoms with Gasteiger partial charge in [0, 0.05) is 18.0 Å². The smallest absolute Gasteiger partial charge is 0.257 e. The molecule has 0 unspecified atom stereocenters. The summed E-state index contributed by atoms with van der Waals surface area (Å²) in [7, 11) is 0. The first kappa shape index (κ1) is 7.35. The lowest BCUT2D eigenvalue weighted by atomic mass is 10.2. The summed E-state index contributed by atoms with van der Waals surface area (Å²) in [6, 6.07) is 3.74. The number of nitrogens with zero attached hydrogens (tertiary/aromatic N) is 1. The van der Waals surface area contributed by atoms with E-state index in [0.717, 1.165) is 24.8 Å². The third-order valence-electron chi connectivity index (χ3n) is 2.15. The monoisotopic (exact) mass is 161 g/mol. The SMILES string of the molecule is O=C(C1=CCCC1)n1cccc1. The van der Waals surface area contributed by atoms with Crippen molar-refractivity contribution in [2.24, 2.45) is 0 Å². The maximum atomic E-state index is 11.6. The molecular weight excluding hydrogens is 150 g/mol. The maximum Gasteiger partial charge on any atom is 0.257 e. The molecule has 1 aliphatic carbocycles. The summed E-state index contributed by atoms with van der Waals surface area (Å²) in [4.78, 5) is 11.6. The Labute approximate surface area is 71.5 Å². The van der Waals surface area contributed by atoms with Crippen LogP contribution in [0.25, 0.3) is 0 Å². The minimum Gasteiger partial charge on any atom is -0.291 e. The summed E-state index contributed by atoms with van der Waals surface area (Å²) in [6.07, 6.45) is 8.76. The molecule has 0 bridgehead atoms. The van der Waals surface area contributed by atoms with Crippen molar-refractivity contribution in [3.63, 3.8) is 0 Å². The average molecular weight is 161 g/mol. The number of carbonyl (C=O) groups excluding carboxylic acids is 1. The number of aromatic nitrogens is 1. The number of carbonyl (C=O) groups is 1. The third kappa shape index (κ3) is 1.20. The van der Waals surface area contributed by atoms with Crippen LogP contribution >= 0.6 is 0 Å². The normalized spacial score (nSPS) is 16.2. The molecule has 1 heterocycles. The summed E-state index contributed by atoms with van der Waals surface area (Å²) in [5, 5.41) is 0. The summed E-state index contributed by atoms with van der Waals surface area (Å²) < 4.78 is 1.64. The van der Waals surface area contributed by atoms with E-state index < -0.39 is 0 Å². The van der Waals surface area contributed by atoms with Crippen molar-refractivity contribution in [2.45, 2.75) is 19.3 Å².